The van der Waals surface area contributed by atoms with Crippen LogP contribution >= 0.6 is 0 Å². The van der Waals surface area contributed by atoms with Crippen LogP contribution in [0.5, 0.6) is 0 Å². The molecule has 0 bridgehead atoms. The lowest BCUT2D eigenvalue weighted by Crippen LogP contribution is -2.36. The number of halogens is 1. The summed E-state index contributed by atoms with van der Waals surface area (Å²) in [5.41, 5.74) is 4.36. The van der Waals surface area contributed by atoms with Gasteiger partial charge in [0.2, 0.25) is 5.95 Å². The van der Waals surface area contributed by atoms with E-state index in [0.29, 0.717) is 23.1 Å². The molecule has 0 atom stereocenters. The summed E-state index contributed by atoms with van der Waals surface area (Å²) in [6, 6.07) is 11.9. The first-order chi connectivity index (χ1) is 17.9. The van der Waals surface area contributed by atoms with Crippen molar-refractivity contribution in [3.8, 4) is 0 Å². The summed E-state index contributed by atoms with van der Waals surface area (Å²) in [5.74, 6) is 0.941. The van der Waals surface area contributed by atoms with E-state index in [0.717, 1.165) is 37.2 Å². The van der Waals surface area contributed by atoms with Gasteiger partial charge in [0.05, 0.1) is 5.69 Å². The number of alkyl halides is 1. The minimum absolute atomic E-state index is 0.0429. The number of amides is 1. The Kier molecular flexibility index (Phi) is 5.82. The van der Waals surface area contributed by atoms with Gasteiger partial charge in [-0.1, -0.05) is 12.1 Å². The Labute approximate surface area is 215 Å². The third kappa shape index (κ3) is 4.64. The van der Waals surface area contributed by atoms with Gasteiger partial charge >= 0.3 is 0 Å². The quantitative estimate of drug-likeness (QED) is 0.357. The second-order valence-corrected chi connectivity index (χ2v) is 10.8. The van der Waals surface area contributed by atoms with E-state index >= 15 is 0 Å². The molecule has 1 amide bonds. The van der Waals surface area contributed by atoms with E-state index < -0.39 is 12.1 Å². The molecule has 6 rings (SSSR count). The molecule has 3 heterocycles. The molecular formula is C28H32FN7O. The summed E-state index contributed by atoms with van der Waals surface area (Å²) in [7, 11) is 0. The number of carbonyl (C=O) groups is 1. The lowest BCUT2D eigenvalue weighted by molar-refractivity contribution is 0.0943. The molecule has 8 nitrogen and oxygen atoms in total. The monoisotopic (exact) mass is 501 g/mol. The first-order valence-corrected chi connectivity index (χ1v) is 13.0. The van der Waals surface area contributed by atoms with Gasteiger partial charge in [-0.25, -0.2) is 9.97 Å². The van der Waals surface area contributed by atoms with Gasteiger partial charge in [-0.2, -0.15) is 4.98 Å². The van der Waals surface area contributed by atoms with Gasteiger partial charge in [0.15, 0.2) is 0 Å². The second kappa shape index (κ2) is 9.06. The Morgan fingerprint density at radius 2 is 1.95 bits per heavy atom. The summed E-state index contributed by atoms with van der Waals surface area (Å²) >= 11 is 0. The first kappa shape index (κ1) is 23.8. The van der Waals surface area contributed by atoms with Crippen LogP contribution in [-0.4, -0.2) is 40.1 Å². The highest BCUT2D eigenvalue weighted by molar-refractivity contribution is 5.99. The van der Waals surface area contributed by atoms with Crippen molar-refractivity contribution in [3.05, 3.63) is 65.0 Å². The number of hydrogen-bond donors (Lipinski definition) is 4. The number of nitrogens with zero attached hydrogens (tertiary/aromatic N) is 3. The van der Waals surface area contributed by atoms with Gasteiger partial charge in [0.25, 0.3) is 5.91 Å². The largest absolute Gasteiger partial charge is 0.350 e. The number of benzene rings is 1. The summed E-state index contributed by atoms with van der Waals surface area (Å²) in [6.45, 7) is 4.36. The Morgan fingerprint density at radius 3 is 2.68 bits per heavy atom. The van der Waals surface area contributed by atoms with Crippen molar-refractivity contribution >= 4 is 29.2 Å². The fraction of sp³-hybridized carbons (Fsp3) is 0.429. The normalized spacial score (nSPS) is 18.3. The predicted octanol–water partition coefficient (Wildman–Crippen LogP) is 4.63. The van der Waals surface area contributed by atoms with Gasteiger partial charge in [-0.3, -0.25) is 9.18 Å². The molecular weight excluding hydrogens is 469 g/mol. The van der Waals surface area contributed by atoms with Gasteiger partial charge in [-0.05, 0) is 81.3 Å². The fourth-order valence-corrected chi connectivity index (χ4v) is 5.15. The smallest absolute Gasteiger partial charge is 0.256 e. The van der Waals surface area contributed by atoms with E-state index in [9.17, 15) is 9.18 Å². The first-order valence-electron chi connectivity index (χ1n) is 13.0. The fourth-order valence-electron chi connectivity index (χ4n) is 5.15. The van der Waals surface area contributed by atoms with Crippen LogP contribution in [0.1, 0.15) is 66.7 Å². The topological polar surface area (TPSA) is 104 Å². The van der Waals surface area contributed by atoms with Crippen LogP contribution in [0.2, 0.25) is 0 Å². The maximum atomic E-state index is 13.6. The van der Waals surface area contributed by atoms with Crippen molar-refractivity contribution in [3.63, 3.8) is 0 Å². The molecule has 0 saturated heterocycles. The van der Waals surface area contributed by atoms with Crippen LogP contribution in [0.15, 0.2) is 42.6 Å². The molecule has 1 aliphatic heterocycles. The molecule has 3 aliphatic rings. The van der Waals surface area contributed by atoms with Crippen LogP contribution in [0.3, 0.4) is 0 Å². The van der Waals surface area contributed by atoms with E-state index in [4.69, 9.17) is 0 Å². The van der Waals surface area contributed by atoms with Crippen molar-refractivity contribution in [2.75, 3.05) is 23.9 Å². The van der Waals surface area contributed by atoms with Crippen LogP contribution < -0.4 is 21.3 Å². The molecule has 2 aliphatic carbocycles. The zero-order valence-corrected chi connectivity index (χ0v) is 21.2. The lowest BCUT2D eigenvalue weighted by atomic mass is 9.92. The molecule has 4 N–H and O–H groups in total. The minimum atomic E-state index is -0.477. The standard InChI is InChI=1S/C28H32FN7O/c1-17(2)32-25(37)20-15-30-26(33-19-6-7-21-18(14-19)8-13-31-28(21)11-12-28)36-24(20)35-23-5-3-4-22(34-23)27(16-29)9-10-27/h3-7,14-15,17,31H,8-13,16H2,1-2H3,(H,32,37)(H2,30,33,34,35,36). The maximum Gasteiger partial charge on any atom is 0.256 e. The molecule has 2 fully saturated rings. The van der Waals surface area contributed by atoms with Crippen molar-refractivity contribution in [2.45, 2.75) is 62.9 Å². The highest BCUT2D eigenvalue weighted by atomic mass is 19.1. The number of pyridine rings is 1. The van der Waals surface area contributed by atoms with E-state index in [1.54, 1.807) is 6.07 Å². The lowest BCUT2D eigenvalue weighted by Gasteiger charge is -2.27. The van der Waals surface area contributed by atoms with E-state index in [2.05, 4.69) is 54.4 Å². The number of anilines is 4. The second-order valence-electron chi connectivity index (χ2n) is 10.8. The molecule has 2 saturated carbocycles. The maximum absolute atomic E-state index is 13.6. The average molecular weight is 502 g/mol. The van der Waals surface area contributed by atoms with Crippen LogP contribution in [0.25, 0.3) is 0 Å². The van der Waals surface area contributed by atoms with Crippen molar-refractivity contribution in [1.82, 2.24) is 25.6 Å². The minimum Gasteiger partial charge on any atom is -0.350 e. The van der Waals surface area contributed by atoms with Gasteiger partial charge < -0.3 is 21.3 Å². The number of nitrogens with one attached hydrogen (secondary N) is 4. The molecule has 1 spiro atoms. The van der Waals surface area contributed by atoms with Crippen LogP contribution in [0, 0.1) is 0 Å². The number of rotatable bonds is 8. The predicted molar refractivity (Wildman–Crippen MR) is 141 cm³/mol. The Hall–Kier alpha value is -3.59. The Morgan fingerprint density at radius 1 is 1.11 bits per heavy atom. The molecule has 9 heteroatoms. The zero-order valence-electron chi connectivity index (χ0n) is 21.2. The SMILES string of the molecule is CC(C)NC(=O)c1cnc(Nc2ccc3c(c2)CCNC32CC2)nc1Nc1cccc(C2(CF)CC2)n1. The van der Waals surface area contributed by atoms with Gasteiger partial charge in [0.1, 0.15) is 23.9 Å². The molecule has 2 aromatic heterocycles. The highest BCUT2D eigenvalue weighted by Gasteiger charge is 2.47. The third-order valence-electron chi connectivity index (χ3n) is 7.59. The number of fused-ring (bicyclic) bond motifs is 2. The average Bonchev–Trinajstić information content (AvgIpc) is 3.81. The van der Waals surface area contributed by atoms with Crippen LogP contribution in [-0.2, 0) is 17.4 Å². The molecule has 1 aromatic carbocycles. The zero-order chi connectivity index (χ0) is 25.6. The summed E-state index contributed by atoms with van der Waals surface area (Å²) in [6.07, 6.45) is 6.46. The van der Waals surface area contributed by atoms with E-state index in [-0.39, 0.29) is 17.5 Å². The van der Waals surface area contributed by atoms with Crippen LogP contribution in [0.4, 0.5) is 27.7 Å². The number of hydrogen-bond acceptors (Lipinski definition) is 7. The van der Waals surface area contributed by atoms with Crippen molar-refractivity contribution in [2.24, 2.45) is 0 Å². The third-order valence-corrected chi connectivity index (χ3v) is 7.59. The molecule has 0 radical (unpaired) electrons. The van der Waals surface area contributed by atoms with Gasteiger partial charge in [-0.15, -0.1) is 0 Å². The summed E-state index contributed by atoms with van der Waals surface area (Å²) in [5, 5.41) is 13.1. The molecule has 0 unspecified atom stereocenters. The molecule has 192 valence electrons. The number of carbonyl (C=O) groups excluding carboxylic acids is 1. The molecule has 37 heavy (non-hydrogen) atoms. The van der Waals surface area contributed by atoms with E-state index in [1.165, 1.54) is 30.2 Å². The van der Waals surface area contributed by atoms with Crippen molar-refractivity contribution in [1.29, 1.82) is 0 Å². The van der Waals surface area contributed by atoms with Gasteiger partial charge in [0, 0.05) is 35.4 Å². The Balaban J connectivity index is 1.29. The molecule has 3 aromatic rings. The highest BCUT2D eigenvalue weighted by Crippen LogP contribution is 2.49. The van der Waals surface area contributed by atoms with Crippen molar-refractivity contribution < 1.29 is 9.18 Å². The summed E-state index contributed by atoms with van der Waals surface area (Å²) < 4.78 is 13.6. The number of aromatic nitrogens is 3. The van der Waals surface area contributed by atoms with E-state index in [1.807, 2.05) is 26.0 Å². The Bertz CT molecular complexity index is 1350. The summed E-state index contributed by atoms with van der Waals surface area (Å²) in [4.78, 5) is 26.6.